The van der Waals surface area contributed by atoms with Crippen molar-refractivity contribution in [2.75, 3.05) is 0 Å². The largest absolute Gasteiger partial charge is 0.320 e. The van der Waals surface area contributed by atoms with E-state index >= 15 is 0 Å². The van der Waals surface area contributed by atoms with Crippen molar-refractivity contribution < 1.29 is 0 Å². The van der Waals surface area contributed by atoms with Crippen molar-refractivity contribution in [1.29, 1.82) is 0 Å². The summed E-state index contributed by atoms with van der Waals surface area (Å²) in [4.78, 5) is 13.6. The lowest BCUT2D eigenvalue weighted by molar-refractivity contribution is 0.569. The molecule has 0 bridgehead atoms. The molecule has 0 amide bonds. The Morgan fingerprint density at radius 2 is 1.92 bits per heavy atom. The Hall–Kier alpha value is -2.79. The Morgan fingerprint density at radius 1 is 1.04 bits per heavy atom. The molecule has 1 atom stereocenters. The second-order valence-electron chi connectivity index (χ2n) is 5.76. The highest BCUT2D eigenvalue weighted by Crippen LogP contribution is 2.36. The minimum absolute atomic E-state index is 0.178. The number of hydrogen-bond donors (Lipinski definition) is 0. The van der Waals surface area contributed by atoms with Crippen molar-refractivity contribution >= 4 is 11.3 Å². The average molecular weight is 346 g/mol. The number of rotatable bonds is 5. The van der Waals surface area contributed by atoms with Crippen LogP contribution in [0.2, 0.25) is 0 Å². The first-order valence-corrected chi connectivity index (χ1v) is 9.18. The van der Waals surface area contributed by atoms with Crippen molar-refractivity contribution in [3.8, 4) is 22.0 Å². The fourth-order valence-corrected chi connectivity index (χ4v) is 3.81. The van der Waals surface area contributed by atoms with Crippen molar-refractivity contribution in [2.45, 2.75) is 19.4 Å². The van der Waals surface area contributed by atoms with Gasteiger partial charge in [0.25, 0.3) is 0 Å². The van der Waals surface area contributed by atoms with E-state index in [1.165, 1.54) is 5.56 Å². The molecule has 0 saturated carbocycles. The van der Waals surface area contributed by atoms with Gasteiger partial charge in [-0.1, -0.05) is 43.3 Å². The van der Waals surface area contributed by atoms with Crippen LogP contribution in [0, 0.1) is 0 Å². The van der Waals surface area contributed by atoms with Gasteiger partial charge in [-0.2, -0.15) is 0 Å². The standard InChI is InChI=1S/C20H18N4S/c1-2-17(16-9-6-10-21-13-16)24-14-23-18(15-7-4-3-5-8-15)19(24)20-22-11-12-25-20/h3-14,17H,2H2,1H3/t17-/m1/s1. The Morgan fingerprint density at radius 3 is 2.60 bits per heavy atom. The lowest BCUT2D eigenvalue weighted by Gasteiger charge is -2.19. The van der Waals surface area contributed by atoms with Gasteiger partial charge < -0.3 is 4.57 Å². The zero-order valence-corrected chi connectivity index (χ0v) is 14.7. The van der Waals surface area contributed by atoms with Gasteiger partial charge in [-0.05, 0) is 18.1 Å². The molecule has 4 aromatic rings. The lowest BCUT2D eigenvalue weighted by Crippen LogP contribution is -2.10. The molecule has 0 aliphatic carbocycles. The van der Waals surface area contributed by atoms with Gasteiger partial charge in [0.15, 0.2) is 0 Å². The van der Waals surface area contributed by atoms with E-state index in [9.17, 15) is 0 Å². The van der Waals surface area contributed by atoms with Crippen LogP contribution in [0.4, 0.5) is 0 Å². The Kier molecular flexibility index (Phi) is 4.39. The molecule has 0 N–H and O–H groups in total. The van der Waals surface area contributed by atoms with Gasteiger partial charge in [-0.15, -0.1) is 11.3 Å². The average Bonchev–Trinajstić information content (AvgIpc) is 3.34. The Bertz CT molecular complexity index is 931. The summed E-state index contributed by atoms with van der Waals surface area (Å²) in [6.45, 7) is 2.19. The monoisotopic (exact) mass is 346 g/mol. The second-order valence-corrected chi connectivity index (χ2v) is 6.66. The van der Waals surface area contributed by atoms with Gasteiger partial charge in [0, 0.05) is 29.5 Å². The maximum absolute atomic E-state index is 4.75. The van der Waals surface area contributed by atoms with E-state index in [0.717, 1.165) is 28.4 Å². The van der Waals surface area contributed by atoms with E-state index < -0.39 is 0 Å². The molecule has 4 nitrogen and oxygen atoms in total. The Balaban J connectivity index is 1.90. The normalized spacial score (nSPS) is 12.2. The number of hydrogen-bond acceptors (Lipinski definition) is 4. The molecule has 0 aliphatic rings. The molecule has 3 aromatic heterocycles. The molecule has 3 heterocycles. The molecule has 0 saturated heterocycles. The van der Waals surface area contributed by atoms with Crippen LogP contribution in [0.25, 0.3) is 22.0 Å². The summed E-state index contributed by atoms with van der Waals surface area (Å²) < 4.78 is 2.23. The van der Waals surface area contributed by atoms with Crippen LogP contribution in [-0.4, -0.2) is 19.5 Å². The van der Waals surface area contributed by atoms with Gasteiger partial charge in [-0.3, -0.25) is 4.98 Å². The fraction of sp³-hybridized carbons (Fsp3) is 0.150. The molecule has 124 valence electrons. The third-order valence-electron chi connectivity index (χ3n) is 4.27. The van der Waals surface area contributed by atoms with E-state index in [-0.39, 0.29) is 6.04 Å². The zero-order chi connectivity index (χ0) is 17.1. The van der Waals surface area contributed by atoms with E-state index in [0.29, 0.717) is 0 Å². The highest BCUT2D eigenvalue weighted by atomic mass is 32.1. The van der Waals surface area contributed by atoms with Crippen LogP contribution >= 0.6 is 11.3 Å². The number of nitrogens with zero attached hydrogens (tertiary/aromatic N) is 4. The molecular formula is C20H18N4S. The molecule has 0 spiro atoms. The quantitative estimate of drug-likeness (QED) is 0.507. The van der Waals surface area contributed by atoms with Crippen LogP contribution in [0.15, 0.2) is 72.8 Å². The maximum Gasteiger partial charge on any atom is 0.142 e. The van der Waals surface area contributed by atoms with Crippen LogP contribution in [0.5, 0.6) is 0 Å². The molecule has 0 aliphatic heterocycles. The topological polar surface area (TPSA) is 43.6 Å². The molecule has 4 rings (SSSR count). The molecule has 1 aromatic carbocycles. The highest BCUT2D eigenvalue weighted by Gasteiger charge is 2.22. The van der Waals surface area contributed by atoms with Gasteiger partial charge in [-0.25, -0.2) is 9.97 Å². The number of aromatic nitrogens is 4. The van der Waals surface area contributed by atoms with Crippen LogP contribution in [-0.2, 0) is 0 Å². The molecule has 0 radical (unpaired) electrons. The lowest BCUT2D eigenvalue weighted by atomic mass is 10.1. The van der Waals surface area contributed by atoms with Gasteiger partial charge in [0.1, 0.15) is 10.7 Å². The van der Waals surface area contributed by atoms with E-state index in [1.54, 1.807) is 17.5 Å². The summed E-state index contributed by atoms with van der Waals surface area (Å²) >= 11 is 1.64. The number of thiazole rings is 1. The smallest absolute Gasteiger partial charge is 0.142 e. The zero-order valence-electron chi connectivity index (χ0n) is 13.9. The number of benzene rings is 1. The minimum atomic E-state index is 0.178. The first kappa shape index (κ1) is 15.7. The summed E-state index contributed by atoms with van der Waals surface area (Å²) in [6, 6.07) is 14.6. The second kappa shape index (κ2) is 6.99. The fourth-order valence-electron chi connectivity index (χ4n) is 3.12. The number of imidazole rings is 1. The first-order valence-electron chi connectivity index (χ1n) is 8.30. The van der Waals surface area contributed by atoms with E-state index in [4.69, 9.17) is 4.98 Å². The molecular weight excluding hydrogens is 328 g/mol. The van der Waals surface area contributed by atoms with Crippen molar-refractivity contribution in [1.82, 2.24) is 19.5 Å². The molecule has 0 unspecified atom stereocenters. The summed E-state index contributed by atoms with van der Waals surface area (Å²) in [6.07, 6.45) is 8.47. The predicted molar refractivity (Wildman–Crippen MR) is 101 cm³/mol. The molecule has 5 heteroatoms. The summed E-state index contributed by atoms with van der Waals surface area (Å²) in [7, 11) is 0. The summed E-state index contributed by atoms with van der Waals surface area (Å²) in [5.41, 5.74) is 4.32. The van der Waals surface area contributed by atoms with Crippen molar-refractivity contribution in [3.05, 3.63) is 78.3 Å². The van der Waals surface area contributed by atoms with E-state index in [2.05, 4.69) is 39.7 Å². The molecule has 0 fully saturated rings. The summed E-state index contributed by atoms with van der Waals surface area (Å²) in [5, 5.41) is 2.99. The van der Waals surface area contributed by atoms with Crippen LogP contribution in [0.1, 0.15) is 24.9 Å². The van der Waals surface area contributed by atoms with Gasteiger partial charge >= 0.3 is 0 Å². The maximum atomic E-state index is 4.75. The third-order valence-corrected chi connectivity index (χ3v) is 5.05. The van der Waals surface area contributed by atoms with Gasteiger partial charge in [0.05, 0.1) is 18.1 Å². The molecule has 25 heavy (non-hydrogen) atoms. The van der Waals surface area contributed by atoms with Crippen LogP contribution < -0.4 is 0 Å². The van der Waals surface area contributed by atoms with Gasteiger partial charge in [0.2, 0.25) is 0 Å². The SMILES string of the molecule is CC[C@H](c1cccnc1)n1cnc(-c2ccccc2)c1-c1nccs1. The van der Waals surface area contributed by atoms with Crippen molar-refractivity contribution in [3.63, 3.8) is 0 Å². The van der Waals surface area contributed by atoms with Crippen LogP contribution in [0.3, 0.4) is 0 Å². The number of pyridine rings is 1. The first-order chi connectivity index (χ1) is 12.4. The third kappa shape index (κ3) is 2.98. The Labute approximate surface area is 150 Å². The van der Waals surface area contributed by atoms with Crippen molar-refractivity contribution in [2.24, 2.45) is 0 Å². The minimum Gasteiger partial charge on any atom is -0.320 e. The van der Waals surface area contributed by atoms with E-state index in [1.807, 2.05) is 48.4 Å². The predicted octanol–water partition coefficient (Wildman–Crippen LogP) is 5.07. The summed E-state index contributed by atoms with van der Waals surface area (Å²) in [5.74, 6) is 0. The highest BCUT2D eigenvalue weighted by molar-refractivity contribution is 7.13.